The van der Waals surface area contributed by atoms with Crippen molar-refractivity contribution in [2.24, 2.45) is 5.73 Å². The van der Waals surface area contributed by atoms with Crippen molar-refractivity contribution in [2.75, 3.05) is 19.4 Å². The minimum Gasteiger partial charge on any atom is -0.385 e. The summed E-state index contributed by atoms with van der Waals surface area (Å²) in [5.41, 5.74) is 6.79. The number of amides is 1. The standard InChI is InChI=1S/C12H16N4O/c1-4-10(11(13)16(2)3)12(17)15-9-5-7-14-8-6-9/h4-8H,1,13H2,2-3H3,(H,14,15,17)/b11-10+. The Morgan fingerprint density at radius 2 is 2.06 bits per heavy atom. The SMILES string of the molecule is C=C/C(C(=O)Nc1ccncc1)=C(/N)N(C)C. The molecule has 0 unspecified atom stereocenters. The molecule has 1 aromatic rings. The van der Waals surface area contributed by atoms with Gasteiger partial charge >= 0.3 is 0 Å². The third-order valence-electron chi connectivity index (χ3n) is 2.14. The molecule has 1 aromatic heterocycles. The average molecular weight is 232 g/mol. The highest BCUT2D eigenvalue weighted by Gasteiger charge is 2.11. The van der Waals surface area contributed by atoms with E-state index >= 15 is 0 Å². The second-order valence-corrected chi connectivity index (χ2v) is 3.59. The van der Waals surface area contributed by atoms with Gasteiger partial charge in [0.2, 0.25) is 0 Å². The first-order valence-corrected chi connectivity index (χ1v) is 5.07. The van der Waals surface area contributed by atoms with Crippen LogP contribution in [0.1, 0.15) is 0 Å². The Labute approximate surface area is 101 Å². The summed E-state index contributed by atoms with van der Waals surface area (Å²) in [7, 11) is 3.52. The van der Waals surface area contributed by atoms with Crippen molar-refractivity contribution in [2.45, 2.75) is 0 Å². The molecule has 17 heavy (non-hydrogen) atoms. The molecule has 90 valence electrons. The van der Waals surface area contributed by atoms with E-state index in [-0.39, 0.29) is 5.91 Å². The van der Waals surface area contributed by atoms with Crippen molar-refractivity contribution < 1.29 is 4.79 Å². The lowest BCUT2D eigenvalue weighted by atomic mass is 10.2. The van der Waals surface area contributed by atoms with Crippen molar-refractivity contribution in [1.82, 2.24) is 9.88 Å². The molecular weight excluding hydrogens is 216 g/mol. The Bertz CT molecular complexity index is 437. The minimum atomic E-state index is -0.294. The van der Waals surface area contributed by atoms with Crippen molar-refractivity contribution in [3.05, 3.63) is 48.6 Å². The monoisotopic (exact) mass is 232 g/mol. The molecule has 0 saturated carbocycles. The second kappa shape index (κ2) is 5.69. The number of nitrogens with two attached hydrogens (primary N) is 1. The normalized spacial score (nSPS) is 11.4. The molecule has 1 rings (SSSR count). The Morgan fingerprint density at radius 1 is 1.47 bits per heavy atom. The molecule has 0 spiro atoms. The van der Waals surface area contributed by atoms with Gasteiger partial charge in [0, 0.05) is 32.2 Å². The maximum absolute atomic E-state index is 11.9. The summed E-state index contributed by atoms with van der Waals surface area (Å²) in [6, 6.07) is 3.40. The van der Waals surface area contributed by atoms with Crippen LogP contribution in [-0.2, 0) is 4.79 Å². The third-order valence-corrected chi connectivity index (χ3v) is 2.14. The van der Waals surface area contributed by atoms with E-state index in [0.29, 0.717) is 17.1 Å². The van der Waals surface area contributed by atoms with Gasteiger partial charge in [-0.15, -0.1) is 0 Å². The van der Waals surface area contributed by atoms with E-state index < -0.39 is 0 Å². The predicted molar refractivity (Wildman–Crippen MR) is 68.0 cm³/mol. The fourth-order valence-electron chi connectivity index (χ4n) is 1.19. The number of hydrogen-bond donors (Lipinski definition) is 2. The van der Waals surface area contributed by atoms with Crippen molar-refractivity contribution >= 4 is 11.6 Å². The van der Waals surface area contributed by atoms with Gasteiger partial charge in [0.1, 0.15) is 5.82 Å². The molecule has 0 aliphatic rings. The summed E-state index contributed by atoms with van der Waals surface area (Å²) >= 11 is 0. The zero-order chi connectivity index (χ0) is 12.8. The Kier molecular flexibility index (Phi) is 4.28. The first kappa shape index (κ1) is 12.8. The molecule has 0 atom stereocenters. The first-order chi connectivity index (χ1) is 8.06. The number of carbonyl (C=O) groups is 1. The number of aromatic nitrogens is 1. The summed E-state index contributed by atoms with van der Waals surface area (Å²) in [6.07, 6.45) is 4.64. The summed E-state index contributed by atoms with van der Waals surface area (Å²) in [6.45, 7) is 3.59. The summed E-state index contributed by atoms with van der Waals surface area (Å²) in [5, 5.41) is 2.71. The summed E-state index contributed by atoms with van der Waals surface area (Å²) in [5.74, 6) is 0.0731. The van der Waals surface area contributed by atoms with Crippen LogP contribution in [0.5, 0.6) is 0 Å². The van der Waals surface area contributed by atoms with Gasteiger partial charge in [-0.3, -0.25) is 9.78 Å². The molecule has 0 aliphatic carbocycles. The smallest absolute Gasteiger partial charge is 0.259 e. The van der Waals surface area contributed by atoms with Crippen molar-refractivity contribution in [3.8, 4) is 0 Å². The molecule has 5 nitrogen and oxygen atoms in total. The van der Waals surface area contributed by atoms with Crippen LogP contribution in [0.3, 0.4) is 0 Å². The van der Waals surface area contributed by atoms with Crippen molar-refractivity contribution in [1.29, 1.82) is 0 Å². The van der Waals surface area contributed by atoms with Crippen LogP contribution in [0.2, 0.25) is 0 Å². The fraction of sp³-hybridized carbons (Fsp3) is 0.167. The van der Waals surface area contributed by atoms with Crippen LogP contribution in [0.4, 0.5) is 5.69 Å². The highest BCUT2D eigenvalue weighted by Crippen LogP contribution is 2.09. The molecule has 1 amide bonds. The van der Waals surface area contributed by atoms with Gasteiger partial charge in [0.15, 0.2) is 0 Å². The number of carbonyl (C=O) groups excluding carboxylic acids is 1. The highest BCUT2D eigenvalue weighted by molar-refractivity contribution is 6.06. The average Bonchev–Trinajstić information content (AvgIpc) is 2.30. The lowest BCUT2D eigenvalue weighted by Crippen LogP contribution is -2.25. The predicted octanol–water partition coefficient (Wildman–Crippen LogP) is 0.938. The van der Waals surface area contributed by atoms with E-state index in [1.54, 1.807) is 43.5 Å². The number of nitrogens with one attached hydrogen (secondary N) is 1. The molecule has 0 fully saturated rings. The number of hydrogen-bond acceptors (Lipinski definition) is 4. The number of rotatable bonds is 4. The largest absolute Gasteiger partial charge is 0.385 e. The number of anilines is 1. The molecule has 1 heterocycles. The van der Waals surface area contributed by atoms with E-state index in [1.165, 1.54) is 6.08 Å². The lowest BCUT2D eigenvalue weighted by molar-refractivity contribution is -0.112. The molecule has 0 bridgehead atoms. The fourth-order valence-corrected chi connectivity index (χ4v) is 1.19. The molecule has 0 radical (unpaired) electrons. The Morgan fingerprint density at radius 3 is 2.53 bits per heavy atom. The van der Waals surface area contributed by atoms with E-state index in [0.717, 1.165) is 0 Å². The maximum Gasteiger partial charge on any atom is 0.259 e. The molecule has 5 heteroatoms. The Hall–Kier alpha value is -2.30. The Balaban J connectivity index is 2.89. The van der Waals surface area contributed by atoms with E-state index in [1.807, 2.05) is 0 Å². The molecule has 0 aromatic carbocycles. The van der Waals surface area contributed by atoms with Gasteiger partial charge in [-0.05, 0) is 12.1 Å². The zero-order valence-corrected chi connectivity index (χ0v) is 9.97. The quantitative estimate of drug-likeness (QED) is 0.598. The lowest BCUT2D eigenvalue weighted by Gasteiger charge is -2.16. The van der Waals surface area contributed by atoms with Gasteiger partial charge in [0.25, 0.3) is 5.91 Å². The molecule has 3 N–H and O–H groups in total. The molecule has 0 saturated heterocycles. The van der Waals surface area contributed by atoms with E-state index in [9.17, 15) is 4.79 Å². The van der Waals surface area contributed by atoms with Crippen LogP contribution in [-0.4, -0.2) is 29.9 Å². The van der Waals surface area contributed by atoms with Gasteiger partial charge in [0.05, 0.1) is 5.57 Å². The second-order valence-electron chi connectivity index (χ2n) is 3.59. The van der Waals surface area contributed by atoms with E-state index in [4.69, 9.17) is 5.73 Å². The van der Waals surface area contributed by atoms with Gasteiger partial charge < -0.3 is 16.0 Å². The highest BCUT2D eigenvalue weighted by atomic mass is 16.1. The minimum absolute atomic E-state index is 0.294. The van der Waals surface area contributed by atoms with Crippen LogP contribution in [0.25, 0.3) is 0 Å². The van der Waals surface area contributed by atoms with Crippen LogP contribution < -0.4 is 11.1 Å². The number of nitrogens with zero attached hydrogens (tertiary/aromatic N) is 2. The summed E-state index contributed by atoms with van der Waals surface area (Å²) < 4.78 is 0. The summed E-state index contributed by atoms with van der Waals surface area (Å²) in [4.78, 5) is 17.4. The van der Waals surface area contributed by atoms with Crippen molar-refractivity contribution in [3.63, 3.8) is 0 Å². The van der Waals surface area contributed by atoms with Gasteiger partial charge in [-0.25, -0.2) is 0 Å². The van der Waals surface area contributed by atoms with E-state index in [2.05, 4.69) is 16.9 Å². The van der Waals surface area contributed by atoms with Crippen LogP contribution >= 0.6 is 0 Å². The molecule has 0 aliphatic heterocycles. The zero-order valence-electron chi connectivity index (χ0n) is 9.97. The van der Waals surface area contributed by atoms with Crippen LogP contribution in [0.15, 0.2) is 48.6 Å². The topological polar surface area (TPSA) is 71.2 Å². The first-order valence-electron chi connectivity index (χ1n) is 5.07. The number of pyridine rings is 1. The third kappa shape index (κ3) is 3.34. The van der Waals surface area contributed by atoms with Gasteiger partial charge in [-0.2, -0.15) is 0 Å². The van der Waals surface area contributed by atoms with Gasteiger partial charge in [-0.1, -0.05) is 12.7 Å². The molecular formula is C12H16N4O. The van der Waals surface area contributed by atoms with Crippen LogP contribution in [0, 0.1) is 0 Å². The maximum atomic E-state index is 11.9.